The first-order valence-corrected chi connectivity index (χ1v) is 18.7. The van der Waals surface area contributed by atoms with Gasteiger partial charge in [0.15, 0.2) is 0 Å². The number of carboxylic acid groups (broad SMARTS) is 1. The third-order valence-corrected chi connectivity index (χ3v) is 13.9. The summed E-state index contributed by atoms with van der Waals surface area (Å²) in [5, 5.41) is 12.1. The Kier molecular flexibility index (Phi) is 8.88. The van der Waals surface area contributed by atoms with Crippen molar-refractivity contribution in [2.45, 2.75) is 126 Å². The van der Waals surface area contributed by atoms with Gasteiger partial charge in [0, 0.05) is 29.4 Å². The molecule has 48 heavy (non-hydrogen) atoms. The smallest absolute Gasteiger partial charge is 0.327 e. The third kappa shape index (κ3) is 5.95. The number of ketones is 2. The minimum atomic E-state index is -1.03. The van der Waals surface area contributed by atoms with E-state index < -0.39 is 22.8 Å². The molecule has 0 bridgehead atoms. The lowest BCUT2D eigenvalue weighted by molar-refractivity contribution is -0.161. The van der Waals surface area contributed by atoms with Crippen LogP contribution in [0, 0.1) is 29.6 Å². The fraction of sp³-hybridized carbons (Fsp3) is 0.658. The fourth-order valence-corrected chi connectivity index (χ4v) is 12.0. The van der Waals surface area contributed by atoms with E-state index in [-0.39, 0.29) is 41.7 Å². The molecule has 0 radical (unpaired) electrons. The number of hydrogen-bond donors (Lipinski definition) is 2. The van der Waals surface area contributed by atoms with Gasteiger partial charge in [-0.25, -0.2) is 4.79 Å². The third-order valence-electron chi connectivity index (χ3n) is 12.3. The Morgan fingerprint density at radius 3 is 2.46 bits per heavy atom. The highest BCUT2D eigenvalue weighted by Gasteiger charge is 2.64. The van der Waals surface area contributed by atoms with Crippen molar-refractivity contribution in [3.63, 3.8) is 0 Å². The maximum atomic E-state index is 12.9. The van der Waals surface area contributed by atoms with Gasteiger partial charge in [0.1, 0.15) is 29.0 Å². The van der Waals surface area contributed by atoms with Gasteiger partial charge in [0.05, 0.1) is 18.6 Å². The van der Waals surface area contributed by atoms with E-state index in [0.29, 0.717) is 48.1 Å². The van der Waals surface area contributed by atoms with E-state index in [1.165, 1.54) is 27.8 Å². The average molecular weight is 677 g/mol. The molecule has 4 aliphatic carbocycles. The van der Waals surface area contributed by atoms with Gasteiger partial charge in [0.2, 0.25) is 11.8 Å². The zero-order valence-electron chi connectivity index (χ0n) is 28.4. The number of allylic oxidation sites excluding steroid dienone is 1. The summed E-state index contributed by atoms with van der Waals surface area (Å²) in [6.45, 7) is 7.51. The Balaban J connectivity index is 0.976. The van der Waals surface area contributed by atoms with Crippen molar-refractivity contribution in [2.75, 3.05) is 0 Å². The summed E-state index contributed by atoms with van der Waals surface area (Å²) in [5.74, 6) is 1.01. The molecule has 0 spiro atoms. The first-order chi connectivity index (χ1) is 22.8. The molecule has 2 N–H and O–H groups in total. The van der Waals surface area contributed by atoms with Crippen LogP contribution < -0.4 is 5.32 Å². The summed E-state index contributed by atoms with van der Waals surface area (Å²) in [6.07, 6.45) is 8.10. The van der Waals surface area contributed by atoms with Crippen LogP contribution in [0.1, 0.15) is 90.2 Å². The number of β-lactam (4-membered cyclic amide) rings is 1. The summed E-state index contributed by atoms with van der Waals surface area (Å²) in [5.41, 5.74) is 4.80. The lowest BCUT2D eigenvalue weighted by Gasteiger charge is -2.51. The van der Waals surface area contributed by atoms with Crippen LogP contribution in [-0.2, 0) is 41.6 Å². The van der Waals surface area contributed by atoms with E-state index in [9.17, 15) is 29.1 Å². The molecule has 0 aromatic heterocycles. The predicted molar refractivity (Wildman–Crippen MR) is 181 cm³/mol. The molecular weight excluding hydrogens is 628 g/mol. The molecule has 6 aliphatic rings. The number of ether oxygens (including phenoxy) is 1. The molecule has 1 aromatic carbocycles. The normalized spacial score (nSPS) is 35.6. The number of rotatable bonds is 9. The second-order valence-electron chi connectivity index (χ2n) is 15.8. The summed E-state index contributed by atoms with van der Waals surface area (Å²) >= 11 is 1.42. The largest absolute Gasteiger partial charge is 0.480 e. The van der Waals surface area contributed by atoms with Crippen molar-refractivity contribution >= 4 is 41.1 Å². The summed E-state index contributed by atoms with van der Waals surface area (Å²) in [7, 11) is 0. The number of Topliss-reactive ketones (excluding diaryl/α,β-unsaturated/α-hetero) is 2. The summed E-state index contributed by atoms with van der Waals surface area (Å²) in [6, 6.07) is 6.33. The van der Waals surface area contributed by atoms with Gasteiger partial charge < -0.3 is 20.1 Å². The van der Waals surface area contributed by atoms with Gasteiger partial charge in [-0.05, 0) is 102 Å². The number of carboxylic acids is 1. The molecule has 10 heteroatoms. The zero-order chi connectivity index (χ0) is 34.1. The number of carbonyl (C=O) groups excluding carboxylic acids is 4. The Morgan fingerprint density at radius 1 is 1.02 bits per heavy atom. The van der Waals surface area contributed by atoms with Crippen LogP contribution in [0.5, 0.6) is 0 Å². The molecule has 1 aromatic rings. The molecule has 2 heterocycles. The van der Waals surface area contributed by atoms with Crippen LogP contribution in [0.2, 0.25) is 0 Å². The molecular formula is C38H48N2O7S. The monoisotopic (exact) mass is 676 g/mol. The van der Waals surface area contributed by atoms with E-state index in [4.69, 9.17) is 4.74 Å². The highest BCUT2D eigenvalue weighted by molar-refractivity contribution is 8.01. The van der Waals surface area contributed by atoms with E-state index in [1.54, 1.807) is 6.92 Å². The standard InChI is InChI=1S/C38H48N2O7S/c1-19(47-30-18-29-25(20(2)41)13-14-27(29)28-11-9-23-17-24(42)10-12-26(23)32(28)30)15-21-5-7-22(8-6-21)16-31(43)39-33-35(44)40-34(37(45)46)38(3,4)48-36(33)40/h5-8,19,25,27-30,32-34,36H,9-18H2,1-4H3,(H,39,43)(H,45,46). The van der Waals surface area contributed by atoms with Crippen LogP contribution in [-0.4, -0.2) is 73.8 Å². The van der Waals surface area contributed by atoms with Gasteiger partial charge in [0.25, 0.3) is 0 Å². The quantitative estimate of drug-likeness (QED) is 0.280. The first-order valence-electron chi connectivity index (χ1n) is 17.8. The highest BCUT2D eigenvalue weighted by atomic mass is 32.2. The number of fused-ring (bicyclic) bond motifs is 5. The fourth-order valence-electron chi connectivity index (χ4n) is 10.4. The molecule has 10 atom stereocenters. The maximum absolute atomic E-state index is 12.9. The number of aliphatic carboxylic acids is 1. The first kappa shape index (κ1) is 33.5. The predicted octanol–water partition coefficient (Wildman–Crippen LogP) is 4.89. The molecule has 9 nitrogen and oxygen atoms in total. The summed E-state index contributed by atoms with van der Waals surface area (Å²) < 4.78 is 6.31. The SMILES string of the molecule is CC(=O)C1CCC2C1CC(OC(C)Cc1ccc(CC(=O)NC3C(=O)N4C3SC(C)(C)C4C(=O)O)cc1)C1C3=C(CCC21)CC(=O)CC3. The minimum absolute atomic E-state index is 0.0369. The maximum Gasteiger partial charge on any atom is 0.327 e. The van der Waals surface area contributed by atoms with Crippen LogP contribution in [0.15, 0.2) is 35.4 Å². The lowest BCUT2D eigenvalue weighted by Crippen LogP contribution is -2.70. The summed E-state index contributed by atoms with van der Waals surface area (Å²) in [4.78, 5) is 63.8. The topological polar surface area (TPSA) is 130 Å². The second kappa shape index (κ2) is 12.7. The number of amides is 2. The molecule has 2 saturated carbocycles. The van der Waals surface area contributed by atoms with E-state index in [2.05, 4.69) is 12.2 Å². The van der Waals surface area contributed by atoms with Gasteiger partial charge in [-0.3, -0.25) is 19.2 Å². The molecule has 4 fully saturated rings. The van der Waals surface area contributed by atoms with Crippen molar-refractivity contribution in [2.24, 2.45) is 29.6 Å². The Bertz CT molecular complexity index is 1550. The number of benzene rings is 1. The number of hydrogen-bond acceptors (Lipinski definition) is 7. The molecule has 2 aliphatic heterocycles. The van der Waals surface area contributed by atoms with Crippen molar-refractivity contribution < 1.29 is 33.8 Å². The van der Waals surface area contributed by atoms with Crippen LogP contribution >= 0.6 is 11.8 Å². The Labute approximate surface area is 287 Å². The zero-order valence-corrected chi connectivity index (χ0v) is 29.2. The number of carbonyl (C=O) groups is 5. The molecule has 2 saturated heterocycles. The van der Waals surface area contributed by atoms with Crippen LogP contribution in [0.3, 0.4) is 0 Å². The lowest BCUT2D eigenvalue weighted by atomic mass is 9.57. The van der Waals surface area contributed by atoms with E-state index in [1.807, 2.05) is 38.1 Å². The van der Waals surface area contributed by atoms with Crippen molar-refractivity contribution in [3.8, 4) is 0 Å². The second-order valence-corrected chi connectivity index (χ2v) is 17.5. The van der Waals surface area contributed by atoms with E-state index in [0.717, 1.165) is 56.1 Å². The molecule has 10 unspecified atom stereocenters. The Hall–Kier alpha value is -2.98. The van der Waals surface area contributed by atoms with Crippen LogP contribution in [0.25, 0.3) is 0 Å². The van der Waals surface area contributed by atoms with Gasteiger partial charge in [-0.1, -0.05) is 35.4 Å². The number of thioether (sulfide) groups is 1. The average Bonchev–Trinajstić information content (AvgIpc) is 3.57. The van der Waals surface area contributed by atoms with Gasteiger partial charge >= 0.3 is 5.97 Å². The van der Waals surface area contributed by atoms with Crippen molar-refractivity contribution in [1.82, 2.24) is 10.2 Å². The molecule has 7 rings (SSSR count). The van der Waals surface area contributed by atoms with E-state index >= 15 is 0 Å². The number of nitrogens with zero attached hydrogens (tertiary/aromatic N) is 1. The van der Waals surface area contributed by atoms with Crippen molar-refractivity contribution in [1.29, 1.82) is 0 Å². The highest BCUT2D eigenvalue weighted by Crippen LogP contribution is 2.58. The molecule has 2 amide bonds. The number of nitrogens with one attached hydrogen (secondary N) is 1. The Morgan fingerprint density at radius 2 is 1.75 bits per heavy atom. The minimum Gasteiger partial charge on any atom is -0.480 e. The molecule has 258 valence electrons. The van der Waals surface area contributed by atoms with Gasteiger partial charge in [-0.2, -0.15) is 0 Å². The van der Waals surface area contributed by atoms with Crippen LogP contribution in [0.4, 0.5) is 0 Å². The van der Waals surface area contributed by atoms with Crippen molar-refractivity contribution in [3.05, 3.63) is 46.5 Å². The van der Waals surface area contributed by atoms with Gasteiger partial charge in [-0.15, -0.1) is 11.8 Å².